The van der Waals surface area contributed by atoms with Crippen molar-refractivity contribution in [2.75, 3.05) is 0 Å². The van der Waals surface area contributed by atoms with Crippen LogP contribution in [0.3, 0.4) is 0 Å². The first-order chi connectivity index (χ1) is 11.7. The number of H-pyrrole nitrogens is 1. The molecule has 2 aromatic rings. The fraction of sp³-hybridized carbons (Fsp3) is 0.353. The highest BCUT2D eigenvalue weighted by molar-refractivity contribution is 6.31. The Kier molecular flexibility index (Phi) is 5.02. The summed E-state index contributed by atoms with van der Waals surface area (Å²) in [5.74, 6) is 0.516. The standard InChI is InChI=1S/C17H17ClN4O2/c18-15-9-14(4-1-11(15)10-19)24-13-5-2-12(3-6-13)21-17(23)16-7-8-20-22-16/h1,4,7-9,12-13H,2-3,5-6H2,(H,20,22)(H,21,23)/t12-,13-. The summed E-state index contributed by atoms with van der Waals surface area (Å²) in [6, 6.07) is 8.91. The molecule has 1 heterocycles. The van der Waals surface area contributed by atoms with Crippen molar-refractivity contribution in [2.24, 2.45) is 0 Å². The number of aromatic nitrogens is 2. The predicted molar refractivity (Wildman–Crippen MR) is 88.9 cm³/mol. The minimum atomic E-state index is -0.153. The SMILES string of the molecule is N#Cc1ccc(O[C@H]2CC[C@H](NC(=O)c3cc[nH]n3)CC2)cc1Cl. The Balaban J connectivity index is 1.49. The van der Waals surface area contributed by atoms with Crippen LogP contribution in [0.15, 0.2) is 30.5 Å². The lowest BCUT2D eigenvalue weighted by Gasteiger charge is -2.29. The van der Waals surface area contributed by atoms with Gasteiger partial charge in [-0.3, -0.25) is 9.89 Å². The van der Waals surface area contributed by atoms with E-state index in [-0.39, 0.29) is 18.1 Å². The van der Waals surface area contributed by atoms with Crippen LogP contribution in [0.4, 0.5) is 0 Å². The Morgan fingerprint density at radius 1 is 1.33 bits per heavy atom. The van der Waals surface area contributed by atoms with E-state index >= 15 is 0 Å². The molecule has 0 aliphatic heterocycles. The molecule has 6 nitrogen and oxygen atoms in total. The molecule has 0 atom stereocenters. The van der Waals surface area contributed by atoms with Crippen molar-refractivity contribution in [2.45, 2.75) is 37.8 Å². The summed E-state index contributed by atoms with van der Waals surface area (Å²) in [5.41, 5.74) is 0.842. The number of carbonyl (C=O) groups excluding carboxylic acids is 1. The maximum absolute atomic E-state index is 12.0. The van der Waals surface area contributed by atoms with Crippen molar-refractivity contribution in [3.05, 3.63) is 46.7 Å². The molecule has 3 rings (SSSR count). The van der Waals surface area contributed by atoms with Crippen molar-refractivity contribution in [3.63, 3.8) is 0 Å². The smallest absolute Gasteiger partial charge is 0.271 e. The number of hydrogen-bond donors (Lipinski definition) is 2. The first-order valence-corrected chi connectivity index (χ1v) is 8.20. The molecule has 1 aliphatic carbocycles. The quantitative estimate of drug-likeness (QED) is 0.891. The summed E-state index contributed by atoms with van der Waals surface area (Å²) in [6.07, 6.45) is 5.12. The molecule has 1 aliphatic rings. The molecule has 24 heavy (non-hydrogen) atoms. The van der Waals surface area contributed by atoms with Gasteiger partial charge in [-0.1, -0.05) is 11.6 Å². The maximum Gasteiger partial charge on any atom is 0.271 e. The summed E-state index contributed by atoms with van der Waals surface area (Å²) < 4.78 is 5.94. The Morgan fingerprint density at radius 2 is 2.12 bits per heavy atom. The van der Waals surface area contributed by atoms with Crippen LogP contribution in [0.5, 0.6) is 5.75 Å². The first kappa shape index (κ1) is 16.3. The normalized spacial score (nSPS) is 20.2. The molecule has 0 bridgehead atoms. The topological polar surface area (TPSA) is 90.8 Å². The van der Waals surface area contributed by atoms with Gasteiger partial charge in [0.2, 0.25) is 0 Å². The minimum Gasteiger partial charge on any atom is -0.490 e. The number of benzene rings is 1. The van der Waals surface area contributed by atoms with E-state index in [2.05, 4.69) is 15.5 Å². The Labute approximate surface area is 144 Å². The number of nitrogens with one attached hydrogen (secondary N) is 2. The van der Waals surface area contributed by atoms with Crippen LogP contribution in [0.2, 0.25) is 5.02 Å². The van der Waals surface area contributed by atoms with Crippen molar-refractivity contribution in [3.8, 4) is 11.8 Å². The highest BCUT2D eigenvalue weighted by Gasteiger charge is 2.24. The third-order valence-electron chi connectivity index (χ3n) is 4.11. The van der Waals surface area contributed by atoms with Crippen molar-refractivity contribution < 1.29 is 9.53 Å². The van der Waals surface area contributed by atoms with E-state index in [4.69, 9.17) is 21.6 Å². The number of hydrogen-bond acceptors (Lipinski definition) is 4. The van der Waals surface area contributed by atoms with E-state index in [1.54, 1.807) is 30.5 Å². The predicted octanol–water partition coefficient (Wildman–Crippen LogP) is 3.05. The van der Waals surface area contributed by atoms with Crippen LogP contribution in [0.25, 0.3) is 0 Å². The molecule has 1 fully saturated rings. The second-order valence-corrected chi connectivity index (χ2v) is 6.19. The number of carbonyl (C=O) groups is 1. The van der Waals surface area contributed by atoms with E-state index in [0.29, 0.717) is 22.0 Å². The number of nitrogens with zero attached hydrogens (tertiary/aromatic N) is 2. The fourth-order valence-electron chi connectivity index (χ4n) is 2.82. The van der Waals surface area contributed by atoms with Gasteiger partial charge in [-0.2, -0.15) is 10.4 Å². The van der Waals surface area contributed by atoms with Gasteiger partial charge in [0.1, 0.15) is 17.5 Å². The molecule has 0 unspecified atom stereocenters. The average Bonchev–Trinajstić information content (AvgIpc) is 3.11. The second-order valence-electron chi connectivity index (χ2n) is 5.78. The lowest BCUT2D eigenvalue weighted by atomic mass is 9.93. The maximum atomic E-state index is 12.0. The van der Waals surface area contributed by atoms with Gasteiger partial charge in [-0.15, -0.1) is 0 Å². The lowest BCUT2D eigenvalue weighted by Crippen LogP contribution is -2.39. The zero-order valence-electron chi connectivity index (χ0n) is 13.0. The van der Waals surface area contributed by atoms with Gasteiger partial charge in [0.05, 0.1) is 16.7 Å². The number of rotatable bonds is 4. The molecule has 124 valence electrons. The van der Waals surface area contributed by atoms with E-state index in [1.165, 1.54) is 0 Å². The highest BCUT2D eigenvalue weighted by atomic mass is 35.5. The highest BCUT2D eigenvalue weighted by Crippen LogP contribution is 2.27. The van der Waals surface area contributed by atoms with Gasteiger partial charge in [0, 0.05) is 18.3 Å². The van der Waals surface area contributed by atoms with Gasteiger partial charge in [-0.05, 0) is 43.9 Å². The van der Waals surface area contributed by atoms with Crippen molar-refractivity contribution >= 4 is 17.5 Å². The summed E-state index contributed by atoms with van der Waals surface area (Å²) >= 11 is 6.02. The van der Waals surface area contributed by atoms with Crippen LogP contribution in [0, 0.1) is 11.3 Å². The Hall–Kier alpha value is -2.52. The first-order valence-electron chi connectivity index (χ1n) is 7.82. The number of nitriles is 1. The summed E-state index contributed by atoms with van der Waals surface area (Å²) in [6.45, 7) is 0. The third-order valence-corrected chi connectivity index (χ3v) is 4.42. The lowest BCUT2D eigenvalue weighted by molar-refractivity contribution is 0.0889. The molecule has 0 saturated heterocycles. The van der Waals surface area contributed by atoms with Crippen molar-refractivity contribution in [1.82, 2.24) is 15.5 Å². The molecule has 1 amide bonds. The van der Waals surface area contributed by atoms with Crippen LogP contribution in [-0.4, -0.2) is 28.3 Å². The van der Waals surface area contributed by atoms with Gasteiger partial charge in [0.25, 0.3) is 5.91 Å². The minimum absolute atomic E-state index is 0.0903. The van der Waals surface area contributed by atoms with Crippen LogP contribution >= 0.6 is 11.6 Å². The number of ether oxygens (including phenoxy) is 1. The largest absolute Gasteiger partial charge is 0.490 e. The molecule has 0 radical (unpaired) electrons. The second kappa shape index (κ2) is 7.37. The monoisotopic (exact) mass is 344 g/mol. The van der Waals surface area contributed by atoms with Gasteiger partial charge >= 0.3 is 0 Å². The van der Waals surface area contributed by atoms with Crippen LogP contribution in [-0.2, 0) is 0 Å². The fourth-order valence-corrected chi connectivity index (χ4v) is 3.04. The van der Waals surface area contributed by atoms with E-state index in [1.807, 2.05) is 6.07 Å². The molecule has 2 N–H and O–H groups in total. The van der Waals surface area contributed by atoms with E-state index < -0.39 is 0 Å². The Bertz CT molecular complexity index is 746. The molecule has 1 saturated carbocycles. The molecular formula is C17H17ClN4O2. The average molecular weight is 345 g/mol. The molecule has 0 spiro atoms. The van der Waals surface area contributed by atoms with E-state index in [9.17, 15) is 4.79 Å². The van der Waals surface area contributed by atoms with Crippen molar-refractivity contribution in [1.29, 1.82) is 5.26 Å². The van der Waals surface area contributed by atoms with E-state index in [0.717, 1.165) is 25.7 Å². The molecular weight excluding hydrogens is 328 g/mol. The van der Waals surface area contributed by atoms with Crippen LogP contribution in [0.1, 0.15) is 41.7 Å². The number of halogens is 1. The summed E-state index contributed by atoms with van der Waals surface area (Å²) in [4.78, 5) is 12.0. The summed E-state index contributed by atoms with van der Waals surface area (Å²) in [7, 11) is 0. The molecule has 1 aromatic carbocycles. The Morgan fingerprint density at radius 3 is 2.75 bits per heavy atom. The molecule has 7 heteroatoms. The van der Waals surface area contributed by atoms with Gasteiger partial charge < -0.3 is 10.1 Å². The molecule has 1 aromatic heterocycles. The van der Waals surface area contributed by atoms with Crippen LogP contribution < -0.4 is 10.1 Å². The third kappa shape index (κ3) is 3.87. The summed E-state index contributed by atoms with van der Waals surface area (Å²) in [5, 5.41) is 18.8. The zero-order chi connectivity index (χ0) is 16.9. The number of aromatic amines is 1. The van der Waals surface area contributed by atoms with Gasteiger partial charge in [0.15, 0.2) is 0 Å². The zero-order valence-corrected chi connectivity index (χ0v) is 13.7. The van der Waals surface area contributed by atoms with Gasteiger partial charge in [-0.25, -0.2) is 0 Å². The number of amides is 1.